The van der Waals surface area contributed by atoms with Gasteiger partial charge in [0.05, 0.1) is 11.6 Å². The van der Waals surface area contributed by atoms with Crippen LogP contribution in [0, 0.1) is 0 Å². The van der Waals surface area contributed by atoms with Crippen LogP contribution in [0.5, 0.6) is 28.7 Å². The summed E-state index contributed by atoms with van der Waals surface area (Å²) in [6.07, 6.45) is -8.54. The maximum absolute atomic E-state index is 11.7. The minimum Gasteiger partial charge on any atom is -0.507 e. The van der Waals surface area contributed by atoms with E-state index in [1.807, 2.05) is 0 Å². The largest absolute Gasteiger partial charge is 0.507 e. The van der Waals surface area contributed by atoms with Gasteiger partial charge in [0.15, 0.2) is 11.5 Å². The van der Waals surface area contributed by atoms with Crippen LogP contribution >= 0.6 is 0 Å². The molecule has 0 amide bonds. The van der Waals surface area contributed by atoms with Gasteiger partial charge in [0.1, 0.15) is 47.9 Å². The quantitative estimate of drug-likeness (QED) is 0.0401. The van der Waals surface area contributed by atoms with Gasteiger partial charge in [-0.1, -0.05) is 0 Å². The predicted molar refractivity (Wildman–Crippen MR) is 124 cm³/mol. The van der Waals surface area contributed by atoms with Crippen LogP contribution in [0.2, 0.25) is 0 Å². The number of phenolic OH excluding ortho intramolecular Hbond substituents is 4. The molecule has 8 N–H and O–H groups in total. The zero-order chi connectivity index (χ0) is 27.7. The molecule has 4 rings (SSSR count). The third kappa shape index (κ3) is 5.20. The SMILES string of the molecule is C=C(OO)C(=O)OCC1OC(Oc2cc3c(O)cc(O)cc3[o+]c2-c2ccc(O)c(O)c2)C(O)C(O)C1O. The molecule has 0 aliphatic carbocycles. The van der Waals surface area contributed by atoms with E-state index in [0.717, 1.165) is 18.2 Å². The zero-order valence-electron chi connectivity index (χ0n) is 19.3. The lowest BCUT2D eigenvalue weighted by molar-refractivity contribution is -0.279. The Bertz CT molecular complexity index is 1370. The van der Waals surface area contributed by atoms with Gasteiger partial charge in [0, 0.05) is 18.2 Å². The minimum atomic E-state index is -1.84. The molecule has 0 spiro atoms. The second kappa shape index (κ2) is 10.6. The van der Waals surface area contributed by atoms with E-state index in [4.69, 9.17) is 23.9 Å². The highest BCUT2D eigenvalue weighted by atomic mass is 17.1. The molecule has 1 aliphatic heterocycles. The molecule has 3 aromatic rings. The summed E-state index contributed by atoms with van der Waals surface area (Å²) in [6, 6.07) is 7.14. The van der Waals surface area contributed by atoms with E-state index < -0.39 is 66.3 Å². The molecule has 202 valence electrons. The van der Waals surface area contributed by atoms with E-state index >= 15 is 0 Å². The molecule has 5 unspecified atom stereocenters. The van der Waals surface area contributed by atoms with Gasteiger partial charge in [0.25, 0.3) is 0 Å². The number of ether oxygens (including phenoxy) is 3. The number of carbonyl (C=O) groups is 1. The van der Waals surface area contributed by atoms with Crippen molar-refractivity contribution in [1.29, 1.82) is 0 Å². The van der Waals surface area contributed by atoms with Crippen LogP contribution < -0.4 is 4.74 Å². The van der Waals surface area contributed by atoms with Gasteiger partial charge in [-0.05, 0) is 18.7 Å². The molecule has 0 radical (unpaired) electrons. The highest BCUT2D eigenvalue weighted by molar-refractivity contribution is 5.88. The Morgan fingerprint density at radius 1 is 0.947 bits per heavy atom. The van der Waals surface area contributed by atoms with Crippen LogP contribution in [0.25, 0.3) is 22.3 Å². The maximum Gasteiger partial charge on any atom is 0.402 e. The van der Waals surface area contributed by atoms with Gasteiger partial charge in [-0.3, -0.25) is 0 Å². The highest BCUT2D eigenvalue weighted by Crippen LogP contribution is 2.42. The van der Waals surface area contributed by atoms with Crippen LogP contribution in [0.15, 0.2) is 53.2 Å². The fraction of sp³-hybridized carbons (Fsp3) is 0.250. The van der Waals surface area contributed by atoms with Crippen molar-refractivity contribution < 1.29 is 69.3 Å². The number of rotatable bonds is 7. The van der Waals surface area contributed by atoms with Crippen molar-refractivity contribution >= 4 is 16.9 Å². The molecule has 5 atom stereocenters. The van der Waals surface area contributed by atoms with Gasteiger partial charge in [-0.15, -0.1) is 0 Å². The molecule has 2 heterocycles. The van der Waals surface area contributed by atoms with Gasteiger partial charge in [-0.25, -0.2) is 14.5 Å². The second-order valence-electron chi connectivity index (χ2n) is 8.27. The monoisotopic (exact) mass is 535 g/mol. The number of benzene rings is 2. The second-order valence-corrected chi connectivity index (χ2v) is 8.27. The molecule has 1 saturated heterocycles. The summed E-state index contributed by atoms with van der Waals surface area (Å²) < 4.78 is 21.9. The smallest absolute Gasteiger partial charge is 0.402 e. The molecule has 0 saturated carbocycles. The van der Waals surface area contributed by atoms with Crippen LogP contribution in [-0.4, -0.2) is 84.3 Å². The van der Waals surface area contributed by atoms with Crippen LogP contribution in [0.4, 0.5) is 0 Å². The summed E-state index contributed by atoms with van der Waals surface area (Å²) in [5.74, 6) is -3.92. The molecular formula is C24H23O14+. The normalized spacial score (nSPS) is 23.1. The molecular weight excluding hydrogens is 512 g/mol. The number of esters is 1. The first-order chi connectivity index (χ1) is 18.0. The highest BCUT2D eigenvalue weighted by Gasteiger charge is 2.46. The first-order valence-corrected chi connectivity index (χ1v) is 10.9. The van der Waals surface area contributed by atoms with Crippen molar-refractivity contribution in [3.63, 3.8) is 0 Å². The van der Waals surface area contributed by atoms with Crippen molar-refractivity contribution in [2.75, 3.05) is 6.61 Å². The average molecular weight is 535 g/mol. The van der Waals surface area contributed by atoms with Crippen LogP contribution in [0.1, 0.15) is 0 Å². The Morgan fingerprint density at radius 3 is 2.37 bits per heavy atom. The van der Waals surface area contributed by atoms with Crippen LogP contribution in [-0.2, 0) is 19.2 Å². The van der Waals surface area contributed by atoms with Crippen molar-refractivity contribution in [3.05, 3.63) is 48.7 Å². The van der Waals surface area contributed by atoms with Crippen LogP contribution in [0.3, 0.4) is 0 Å². The molecule has 14 nitrogen and oxygen atoms in total. The number of carbonyl (C=O) groups excluding carboxylic acids is 1. The summed E-state index contributed by atoms with van der Waals surface area (Å²) in [7, 11) is 0. The Kier molecular flexibility index (Phi) is 7.43. The number of fused-ring (bicyclic) bond motifs is 1. The van der Waals surface area contributed by atoms with E-state index in [1.54, 1.807) is 0 Å². The summed E-state index contributed by atoms with van der Waals surface area (Å²) in [5, 5.41) is 79.5. The number of hydrogen-bond acceptors (Lipinski definition) is 13. The standard InChI is InChI=1S/C24H22O14/c1-9(38-33)23(32)34-8-18-19(29)20(30)21(31)24(37-18)36-17-7-12-14(27)5-11(25)6-16(12)35-22(17)10-2-3-13(26)15(28)4-10/h2-7,18-21,24,29-31H,1,8H2,(H4-,25,26,27,28,33)/p+1. The Labute approximate surface area is 212 Å². The van der Waals surface area contributed by atoms with E-state index in [0.29, 0.717) is 0 Å². The Balaban J connectivity index is 1.71. The first-order valence-electron chi connectivity index (χ1n) is 10.9. The fourth-order valence-corrected chi connectivity index (χ4v) is 3.69. The van der Waals surface area contributed by atoms with E-state index in [1.165, 1.54) is 18.2 Å². The predicted octanol–water partition coefficient (Wildman–Crippen LogP) is 0.936. The molecule has 1 aliphatic rings. The van der Waals surface area contributed by atoms with Crippen molar-refractivity contribution in [3.8, 4) is 40.1 Å². The number of hydrogen-bond donors (Lipinski definition) is 8. The lowest BCUT2D eigenvalue weighted by atomic mass is 9.99. The molecule has 2 aromatic carbocycles. The summed E-state index contributed by atoms with van der Waals surface area (Å²) in [6.45, 7) is 2.42. The molecule has 1 fully saturated rings. The summed E-state index contributed by atoms with van der Waals surface area (Å²) >= 11 is 0. The zero-order valence-corrected chi connectivity index (χ0v) is 19.3. The lowest BCUT2D eigenvalue weighted by Crippen LogP contribution is -2.60. The minimum absolute atomic E-state index is 0.00546. The van der Waals surface area contributed by atoms with E-state index in [-0.39, 0.29) is 33.8 Å². The van der Waals surface area contributed by atoms with E-state index in [9.17, 15) is 40.5 Å². The number of aromatic hydroxyl groups is 4. The number of phenols is 4. The van der Waals surface area contributed by atoms with Gasteiger partial charge < -0.3 is 54.8 Å². The molecule has 38 heavy (non-hydrogen) atoms. The third-order valence-electron chi connectivity index (χ3n) is 5.68. The van der Waals surface area contributed by atoms with E-state index in [2.05, 4.69) is 11.5 Å². The third-order valence-corrected chi connectivity index (χ3v) is 5.68. The molecule has 1 aromatic heterocycles. The Morgan fingerprint density at radius 2 is 1.68 bits per heavy atom. The maximum atomic E-state index is 11.7. The first kappa shape index (κ1) is 26.7. The van der Waals surface area contributed by atoms with Crippen molar-refractivity contribution in [1.82, 2.24) is 0 Å². The van der Waals surface area contributed by atoms with Gasteiger partial charge in [0.2, 0.25) is 17.8 Å². The van der Waals surface area contributed by atoms with Crippen molar-refractivity contribution in [2.45, 2.75) is 30.7 Å². The summed E-state index contributed by atoms with van der Waals surface area (Å²) in [4.78, 5) is 15.4. The van der Waals surface area contributed by atoms with Gasteiger partial charge >= 0.3 is 17.3 Å². The number of aliphatic hydroxyl groups is 3. The lowest BCUT2D eigenvalue weighted by Gasteiger charge is -2.39. The Hall–Kier alpha value is -4.34. The molecule has 14 heteroatoms. The van der Waals surface area contributed by atoms with Gasteiger partial charge in [-0.2, -0.15) is 0 Å². The topological polar surface area (TPSA) is 227 Å². The van der Waals surface area contributed by atoms with Crippen molar-refractivity contribution in [2.24, 2.45) is 0 Å². The molecule has 0 bridgehead atoms. The summed E-state index contributed by atoms with van der Waals surface area (Å²) in [5.41, 5.74) is 0.146. The average Bonchev–Trinajstić information content (AvgIpc) is 2.89. The fourth-order valence-electron chi connectivity index (χ4n) is 3.69. The number of aliphatic hydroxyl groups excluding tert-OH is 3.